The van der Waals surface area contributed by atoms with E-state index < -0.39 is 5.91 Å². The number of nitrogens with zero attached hydrogens (tertiary/aromatic N) is 14. The minimum atomic E-state index is -0.399. The topological polar surface area (TPSA) is 419 Å². The zero-order valence-electron chi connectivity index (χ0n) is 81.8. The van der Waals surface area contributed by atoms with E-state index in [9.17, 15) is 75.1 Å². The molecule has 35 nitrogen and oxygen atoms in total. The monoisotopic (exact) mass is 2030 g/mol. The van der Waals surface area contributed by atoms with Gasteiger partial charge in [-0.15, -0.1) is 11.3 Å². The van der Waals surface area contributed by atoms with Crippen LogP contribution in [0.15, 0.2) is 233 Å². The average molecular weight is 2030 g/mol. The lowest BCUT2D eigenvalue weighted by Crippen LogP contribution is -2.60. The van der Waals surface area contributed by atoms with Gasteiger partial charge >= 0.3 is 0 Å². The molecule has 13 aromatic rings. The zero-order chi connectivity index (χ0) is 104. The quantitative estimate of drug-likeness (QED) is 0.0171. The third-order valence-corrected chi connectivity index (χ3v) is 28.1. The van der Waals surface area contributed by atoms with Crippen molar-refractivity contribution in [1.82, 2.24) is 110 Å². The maximum absolute atomic E-state index is 13.5. The Morgan fingerprint density at radius 3 is 0.986 bits per heavy atom. The van der Waals surface area contributed by atoms with Gasteiger partial charge in [-0.1, -0.05) is 103 Å². The van der Waals surface area contributed by atoms with E-state index in [0.717, 1.165) is 49.9 Å². The summed E-state index contributed by atoms with van der Waals surface area (Å²) in [7, 11) is 0. The lowest BCUT2D eigenvalue weighted by atomic mass is 9.86. The largest absolute Gasteiger partial charge is 0.357 e. The van der Waals surface area contributed by atoms with Gasteiger partial charge < -0.3 is 75.9 Å². The second-order valence-corrected chi connectivity index (χ2v) is 39.0. The summed E-state index contributed by atoms with van der Waals surface area (Å²) >= 11 is 1.31. The maximum Gasteiger partial charge on any atom is 0.277 e. The fourth-order valence-electron chi connectivity index (χ4n) is 19.9. The molecule has 1 saturated carbocycles. The summed E-state index contributed by atoms with van der Waals surface area (Å²) < 4.78 is 60.9. The van der Waals surface area contributed by atoms with Crippen LogP contribution < -0.4 is 26.6 Å². The van der Waals surface area contributed by atoms with Gasteiger partial charge in [0.05, 0.1) is 63.4 Å². The third kappa shape index (κ3) is 23.4. The second-order valence-electron chi connectivity index (χ2n) is 37.9. The number of nitrogens with one attached hydrogen (secondary N) is 9. The number of likely N-dealkylation sites (tertiary alicyclic amines) is 2. The number of amides is 11. The first-order valence-electron chi connectivity index (χ1n) is 48.6. The minimum Gasteiger partial charge on any atom is -0.357 e. The number of aromatic amines is 4. The van der Waals surface area contributed by atoms with Crippen molar-refractivity contribution in [2.24, 2.45) is 0 Å². The van der Waals surface area contributed by atoms with Crippen molar-refractivity contribution in [3.8, 4) is 0 Å². The van der Waals surface area contributed by atoms with Gasteiger partial charge in [-0.25, -0.2) is 17.6 Å². The number of ketones is 1. The minimum absolute atomic E-state index is 0.00493. The van der Waals surface area contributed by atoms with Crippen molar-refractivity contribution in [2.45, 2.75) is 154 Å². The summed E-state index contributed by atoms with van der Waals surface area (Å²) in [5, 5.41) is 34.1. The number of carbonyl (C=O) groups is 12. The van der Waals surface area contributed by atoms with Gasteiger partial charge in [0, 0.05) is 175 Å². The molecular formula is C108H111F4N23O12S. The summed E-state index contributed by atoms with van der Waals surface area (Å²) in [4.78, 5) is 176. The van der Waals surface area contributed by atoms with Crippen LogP contribution in [0.25, 0.3) is 0 Å². The zero-order valence-corrected chi connectivity index (χ0v) is 82.6. The summed E-state index contributed by atoms with van der Waals surface area (Å²) in [5.41, 5.74) is 12.7. The Hall–Kier alpha value is -16.9. The van der Waals surface area contributed by atoms with Crippen LogP contribution in [0.3, 0.4) is 0 Å². The first kappa shape index (κ1) is 103. The molecule has 1 unspecified atom stereocenters. The molecule has 0 spiro atoms. The van der Waals surface area contributed by atoms with Crippen LogP contribution >= 0.6 is 11.3 Å². The summed E-state index contributed by atoms with van der Waals surface area (Å²) in [6, 6.07) is 41.8. The van der Waals surface area contributed by atoms with Gasteiger partial charge in [0.2, 0.25) is 17.7 Å². The highest BCUT2D eigenvalue weighted by Crippen LogP contribution is 2.39. The number of fused-ring (bicyclic) bond motifs is 4. The Kier molecular flexibility index (Phi) is 31.3. The molecule has 764 valence electrons. The van der Waals surface area contributed by atoms with Gasteiger partial charge in [-0.2, -0.15) is 20.4 Å². The van der Waals surface area contributed by atoms with Crippen LogP contribution in [0.5, 0.6) is 0 Å². The Bertz CT molecular complexity index is 7160. The number of allylic oxidation sites excluding steroid dienone is 1. The number of hydrogen-bond acceptors (Lipinski definition) is 17. The van der Waals surface area contributed by atoms with E-state index in [1.165, 1.54) is 84.2 Å². The van der Waals surface area contributed by atoms with E-state index in [4.69, 9.17) is 10.2 Å². The first-order chi connectivity index (χ1) is 71.3. The molecular weight excluding hydrogens is 1920 g/mol. The molecule has 2 saturated heterocycles. The lowest BCUT2D eigenvalue weighted by Gasteiger charge is -2.38. The molecule has 15 heterocycles. The van der Waals surface area contributed by atoms with E-state index in [2.05, 4.69) is 83.0 Å². The Morgan fingerprint density at radius 1 is 0.358 bits per heavy atom. The molecule has 3 fully saturated rings. The molecule has 4 aromatic carbocycles. The summed E-state index contributed by atoms with van der Waals surface area (Å²) in [5.74, 6) is -4.25. The fraction of sp³-hybridized carbons (Fsp3) is 0.296. The predicted molar refractivity (Wildman–Crippen MR) is 541 cm³/mol. The molecule has 11 amide bonds. The van der Waals surface area contributed by atoms with Crippen molar-refractivity contribution >= 4 is 87.1 Å². The number of H-pyrrole nitrogens is 4. The van der Waals surface area contributed by atoms with Crippen molar-refractivity contribution < 1.29 is 75.1 Å². The van der Waals surface area contributed by atoms with Crippen LogP contribution in [0.1, 0.15) is 227 Å². The van der Waals surface area contributed by atoms with Crippen molar-refractivity contribution in [2.75, 3.05) is 57.7 Å². The average Bonchev–Trinajstić information content (AvgIpc) is 1.62. The van der Waals surface area contributed by atoms with E-state index in [0.29, 0.717) is 148 Å². The van der Waals surface area contributed by atoms with Crippen LogP contribution in [0, 0.1) is 23.3 Å². The van der Waals surface area contributed by atoms with Gasteiger partial charge in [0.25, 0.3) is 47.3 Å². The van der Waals surface area contributed by atoms with E-state index in [1.54, 1.807) is 182 Å². The standard InChI is InChI=1S/C28H26FN5O3S.2C27H29FN6O3.C26H27FN6O3/c1-3-20(35)13-21-10-11-24(38-21)31-27(36)25-22-16-33(28(37)23-5-4-12-30-23)14-17(2)26(22)34(32-25)15-18-6-8-19(29)9-7-18;1-3-23(35)32-12-10-20(15-32)30-26(36)24-21-16-33(27(37)22-5-4-11-29-22)13-17(2)25(21)34(31-24)14-18-6-8-19(28)9-7-18;1-3-23(35)30-19-11-20(12-19)31-26(36)24-21-15-33(27(37)22-5-4-10-29-22)13-16(2)25(21)34(32-24)14-17-6-8-18(28)9-7-17;1-3-22(34)31-13-19(14-31)29-25(35)23-20-15-32(26(36)21-5-4-10-28-21)11-16(2)24(20)33(30-23)12-17-6-8-18(27)9-7-17/h3-12,17,30H,1,13-16H2,2H3,(H,31,36);3-9,11,17,20,29H,1,10,12-16H2,2H3,(H,30,36);3-10,16,19-20,29H,1,11-15H2,2H3,(H,30,35)(H,31,36);3-10,16,19,28H,1,11-15H2,2H3,(H,29,35)/t17-;17-,20?;16-,19?,20?;16-/m1111/s1. The molecule has 0 radical (unpaired) electrons. The molecule has 9 aromatic heterocycles. The van der Waals surface area contributed by atoms with Crippen molar-refractivity contribution in [1.29, 1.82) is 0 Å². The molecule has 6 aliphatic heterocycles. The van der Waals surface area contributed by atoms with Crippen molar-refractivity contribution in [3.63, 3.8) is 0 Å². The molecule has 7 aliphatic rings. The van der Waals surface area contributed by atoms with Crippen LogP contribution in [0.2, 0.25) is 0 Å². The van der Waals surface area contributed by atoms with Crippen LogP contribution in [0.4, 0.5) is 22.6 Å². The van der Waals surface area contributed by atoms with Gasteiger partial charge in [-0.05, 0) is 175 Å². The van der Waals surface area contributed by atoms with Gasteiger partial charge in [-0.3, -0.25) is 76.3 Å². The Balaban J connectivity index is 0.000000135. The van der Waals surface area contributed by atoms with Crippen LogP contribution in [-0.4, -0.2) is 236 Å². The maximum atomic E-state index is 13.5. The van der Waals surface area contributed by atoms with E-state index >= 15 is 0 Å². The first-order valence-corrected chi connectivity index (χ1v) is 49.4. The van der Waals surface area contributed by atoms with E-state index in [-0.39, 0.29) is 191 Å². The van der Waals surface area contributed by atoms with Gasteiger partial charge in [0.1, 0.15) is 46.0 Å². The highest BCUT2D eigenvalue weighted by atomic mass is 32.1. The summed E-state index contributed by atoms with van der Waals surface area (Å²) in [6.45, 7) is 28.1. The molecule has 5 atom stereocenters. The van der Waals surface area contributed by atoms with E-state index in [1.807, 2.05) is 27.7 Å². The van der Waals surface area contributed by atoms with Gasteiger partial charge in [0.15, 0.2) is 28.6 Å². The Labute approximate surface area is 852 Å². The number of rotatable bonds is 27. The molecule has 9 N–H and O–H groups in total. The smallest absolute Gasteiger partial charge is 0.277 e. The predicted octanol–water partition coefficient (Wildman–Crippen LogP) is 12.5. The lowest BCUT2D eigenvalue weighted by molar-refractivity contribution is -0.130. The molecule has 0 bridgehead atoms. The molecule has 40 heteroatoms. The number of halogens is 4. The number of hydrogen-bond donors (Lipinski definition) is 9. The second kappa shape index (κ2) is 45.1. The molecule has 20 rings (SSSR count). The number of thiophene rings is 1. The van der Waals surface area contributed by atoms with Crippen molar-refractivity contribution in [3.05, 3.63) is 374 Å². The normalized spacial score (nSPS) is 17.9. The number of carbonyl (C=O) groups excluding carboxylic acids is 12. The highest BCUT2D eigenvalue weighted by molar-refractivity contribution is 7.16. The highest BCUT2D eigenvalue weighted by Gasteiger charge is 2.43. The third-order valence-electron chi connectivity index (χ3n) is 27.1. The molecule has 1 aliphatic carbocycles. The van der Waals surface area contributed by atoms with Crippen LogP contribution in [-0.2, 0) is 78.0 Å². The number of aromatic nitrogens is 12. The SMILES string of the molecule is C=CC(=O)Cc1ccc(NC(=O)c2nn(Cc3ccc(F)cc3)c3c2CN(C(=O)c2ccc[nH]2)C[C@H]3C)s1.C=CC(=O)N1CC(NC(=O)c2nn(Cc3ccc(F)cc3)c3c2CN(C(=O)c2ccc[nH]2)C[C@H]3C)C1.C=CC(=O)N1CCC(NC(=O)c2nn(Cc3ccc(F)cc3)c3c2CN(C(=O)c2ccc[nH]2)C[C@H]3C)C1.C=CC(=O)NC1CC(NC(=O)c2nn(Cc3ccc(F)cc3)c3c2CN(C(=O)c2ccc[nH]2)C[C@H]3C)C1. The number of anilines is 1. The number of benzene rings is 4. The fourth-order valence-corrected chi connectivity index (χ4v) is 20.8. The molecule has 148 heavy (non-hydrogen) atoms. The Morgan fingerprint density at radius 2 is 0.669 bits per heavy atom. The summed E-state index contributed by atoms with van der Waals surface area (Å²) in [6.07, 6.45) is 13.9.